The largest absolute Gasteiger partial charge is 0.345 e. The molecule has 0 aromatic rings. The van der Waals surface area contributed by atoms with Crippen molar-refractivity contribution in [3.05, 3.63) is 0 Å². The van der Waals surface area contributed by atoms with Crippen molar-refractivity contribution in [1.82, 2.24) is 10.2 Å². The Hall–Kier alpha value is -0.970. The zero-order chi connectivity index (χ0) is 13.8. The predicted octanol–water partition coefficient (Wildman–Crippen LogP) is 1.29. The molecule has 108 valence electrons. The van der Waals surface area contributed by atoms with E-state index in [0.29, 0.717) is 6.54 Å². The minimum Gasteiger partial charge on any atom is -0.345 e. The molecule has 4 nitrogen and oxygen atoms in total. The van der Waals surface area contributed by atoms with Crippen LogP contribution in [0, 0.1) is 5.92 Å². The second-order valence-corrected chi connectivity index (χ2v) is 5.86. The third-order valence-electron chi connectivity index (χ3n) is 4.41. The molecule has 1 saturated carbocycles. The van der Waals surface area contributed by atoms with Crippen molar-refractivity contribution < 1.29 is 14.0 Å². The van der Waals surface area contributed by atoms with Crippen molar-refractivity contribution >= 4 is 12.2 Å². The molecule has 2 fully saturated rings. The van der Waals surface area contributed by atoms with E-state index < -0.39 is 18.3 Å². The highest BCUT2D eigenvalue weighted by molar-refractivity contribution is 5.84. The summed E-state index contributed by atoms with van der Waals surface area (Å²) in [4.78, 5) is 25.1. The van der Waals surface area contributed by atoms with E-state index in [1.165, 1.54) is 6.42 Å². The highest BCUT2D eigenvalue weighted by atomic mass is 19.1. The highest BCUT2D eigenvalue weighted by Gasteiger charge is 2.36. The number of nitrogens with zero attached hydrogens (tertiary/aromatic N) is 1. The molecule has 1 aliphatic carbocycles. The number of carbonyl (C=O) groups is 2. The summed E-state index contributed by atoms with van der Waals surface area (Å²) in [5.74, 6) is 0.0495. The number of nitrogens with one attached hydrogen (secondary N) is 1. The lowest BCUT2D eigenvalue weighted by atomic mass is 9.84. The Morgan fingerprint density at radius 2 is 2.05 bits per heavy atom. The van der Waals surface area contributed by atoms with E-state index in [9.17, 15) is 14.0 Å². The molecule has 0 radical (unpaired) electrons. The molecule has 0 unspecified atom stereocenters. The SMILES string of the molecule is CN1C[C@H](F)C[C@H]1C(=O)N[C@H](C=O)C1CCCCC1. The van der Waals surface area contributed by atoms with Gasteiger partial charge in [0, 0.05) is 13.0 Å². The molecule has 2 aliphatic rings. The van der Waals surface area contributed by atoms with Crippen LogP contribution < -0.4 is 5.32 Å². The Kier molecular flexibility index (Phi) is 4.91. The van der Waals surface area contributed by atoms with Crippen molar-refractivity contribution in [2.45, 2.75) is 56.8 Å². The maximum Gasteiger partial charge on any atom is 0.238 e. The molecule has 0 aromatic carbocycles. The van der Waals surface area contributed by atoms with Crippen molar-refractivity contribution in [3.8, 4) is 0 Å². The molecule has 0 bridgehead atoms. The quantitative estimate of drug-likeness (QED) is 0.783. The van der Waals surface area contributed by atoms with Crippen LogP contribution in [0.4, 0.5) is 4.39 Å². The van der Waals surface area contributed by atoms with Crippen LogP contribution in [-0.2, 0) is 9.59 Å². The Bertz CT molecular complexity index is 331. The van der Waals surface area contributed by atoms with Gasteiger partial charge in [0.2, 0.25) is 5.91 Å². The van der Waals surface area contributed by atoms with Gasteiger partial charge >= 0.3 is 0 Å². The Morgan fingerprint density at radius 1 is 1.37 bits per heavy atom. The number of hydrogen-bond acceptors (Lipinski definition) is 3. The number of carbonyl (C=O) groups excluding carboxylic acids is 2. The summed E-state index contributed by atoms with van der Waals surface area (Å²) >= 11 is 0. The fraction of sp³-hybridized carbons (Fsp3) is 0.857. The number of alkyl halides is 1. The summed E-state index contributed by atoms with van der Waals surface area (Å²) in [6, 6.07) is -0.832. The van der Waals surface area contributed by atoms with Crippen LogP contribution in [0.2, 0.25) is 0 Å². The third-order valence-corrected chi connectivity index (χ3v) is 4.41. The van der Waals surface area contributed by atoms with E-state index in [4.69, 9.17) is 0 Å². The number of likely N-dealkylation sites (tertiary alicyclic amines) is 1. The van der Waals surface area contributed by atoms with Gasteiger partial charge in [-0.25, -0.2) is 4.39 Å². The minimum absolute atomic E-state index is 0.203. The van der Waals surface area contributed by atoms with Gasteiger partial charge in [0.15, 0.2) is 0 Å². The van der Waals surface area contributed by atoms with Crippen LogP contribution in [0.3, 0.4) is 0 Å². The number of amides is 1. The average Bonchev–Trinajstić information content (AvgIpc) is 2.76. The van der Waals surface area contributed by atoms with Gasteiger partial charge < -0.3 is 10.1 Å². The van der Waals surface area contributed by atoms with E-state index in [0.717, 1.165) is 32.0 Å². The van der Waals surface area contributed by atoms with E-state index >= 15 is 0 Å². The lowest BCUT2D eigenvalue weighted by molar-refractivity contribution is -0.128. The Labute approximate surface area is 113 Å². The molecule has 0 aromatic heterocycles. The first-order valence-corrected chi connectivity index (χ1v) is 7.21. The zero-order valence-electron chi connectivity index (χ0n) is 11.5. The maximum atomic E-state index is 13.3. The molecule has 5 heteroatoms. The van der Waals surface area contributed by atoms with Gasteiger partial charge in [-0.1, -0.05) is 19.3 Å². The summed E-state index contributed by atoms with van der Waals surface area (Å²) in [6.07, 6.45) is 5.59. The second kappa shape index (κ2) is 6.46. The molecular formula is C14H23FN2O2. The molecule has 1 aliphatic heterocycles. The molecule has 1 saturated heterocycles. The number of hydrogen-bond donors (Lipinski definition) is 1. The Morgan fingerprint density at radius 3 is 2.58 bits per heavy atom. The van der Waals surface area contributed by atoms with Crippen LogP contribution in [0.15, 0.2) is 0 Å². The molecule has 2 rings (SSSR count). The molecule has 1 amide bonds. The topological polar surface area (TPSA) is 49.4 Å². The maximum absolute atomic E-state index is 13.3. The van der Waals surface area contributed by atoms with Crippen LogP contribution in [-0.4, -0.2) is 48.9 Å². The summed E-state index contributed by atoms with van der Waals surface area (Å²) < 4.78 is 13.3. The van der Waals surface area contributed by atoms with Gasteiger partial charge in [-0.3, -0.25) is 9.69 Å². The van der Waals surface area contributed by atoms with Gasteiger partial charge in [0.25, 0.3) is 0 Å². The van der Waals surface area contributed by atoms with Gasteiger partial charge in [-0.15, -0.1) is 0 Å². The van der Waals surface area contributed by atoms with Crippen LogP contribution in [0.1, 0.15) is 38.5 Å². The van der Waals surface area contributed by atoms with Gasteiger partial charge in [-0.2, -0.15) is 0 Å². The van der Waals surface area contributed by atoms with Crippen molar-refractivity contribution in [2.75, 3.05) is 13.6 Å². The summed E-state index contributed by atoms with van der Waals surface area (Å²) in [7, 11) is 1.75. The van der Waals surface area contributed by atoms with E-state index in [-0.39, 0.29) is 18.2 Å². The zero-order valence-corrected chi connectivity index (χ0v) is 11.5. The second-order valence-electron chi connectivity index (χ2n) is 5.86. The van der Waals surface area contributed by atoms with Gasteiger partial charge in [-0.05, 0) is 25.8 Å². The first-order chi connectivity index (χ1) is 9.11. The summed E-state index contributed by atoms with van der Waals surface area (Å²) in [5.41, 5.74) is 0. The van der Waals surface area contributed by atoms with Gasteiger partial charge in [0.1, 0.15) is 12.5 Å². The molecule has 1 heterocycles. The predicted molar refractivity (Wildman–Crippen MR) is 70.5 cm³/mol. The normalized spacial score (nSPS) is 31.1. The van der Waals surface area contributed by atoms with E-state index in [1.54, 1.807) is 11.9 Å². The Balaban J connectivity index is 1.90. The standard InChI is InChI=1S/C14H23FN2O2/c1-17-8-11(15)7-13(17)14(19)16-12(9-18)10-5-3-2-4-6-10/h9-13H,2-8H2,1H3,(H,16,19)/t11-,12-,13+/m1/s1. The highest BCUT2D eigenvalue weighted by Crippen LogP contribution is 2.26. The summed E-state index contributed by atoms with van der Waals surface area (Å²) in [5, 5.41) is 2.81. The van der Waals surface area contributed by atoms with Crippen molar-refractivity contribution in [1.29, 1.82) is 0 Å². The smallest absolute Gasteiger partial charge is 0.238 e. The third kappa shape index (κ3) is 3.53. The van der Waals surface area contributed by atoms with E-state index in [2.05, 4.69) is 5.32 Å². The summed E-state index contributed by atoms with van der Waals surface area (Å²) in [6.45, 7) is 0.299. The number of aldehydes is 1. The first-order valence-electron chi connectivity index (χ1n) is 7.21. The molecule has 19 heavy (non-hydrogen) atoms. The molecular weight excluding hydrogens is 247 g/mol. The minimum atomic E-state index is -0.940. The fourth-order valence-corrected chi connectivity index (χ4v) is 3.26. The van der Waals surface area contributed by atoms with Gasteiger partial charge in [0.05, 0.1) is 12.1 Å². The van der Waals surface area contributed by atoms with Crippen LogP contribution >= 0.6 is 0 Å². The van der Waals surface area contributed by atoms with Crippen LogP contribution in [0.5, 0.6) is 0 Å². The van der Waals surface area contributed by atoms with Crippen molar-refractivity contribution in [3.63, 3.8) is 0 Å². The van der Waals surface area contributed by atoms with E-state index in [1.807, 2.05) is 0 Å². The fourth-order valence-electron chi connectivity index (χ4n) is 3.26. The number of rotatable bonds is 4. The first kappa shape index (κ1) is 14.4. The monoisotopic (exact) mass is 270 g/mol. The lowest BCUT2D eigenvalue weighted by Crippen LogP contribution is -2.49. The molecule has 3 atom stereocenters. The molecule has 1 N–H and O–H groups in total. The van der Waals surface area contributed by atoms with Crippen molar-refractivity contribution in [2.24, 2.45) is 5.92 Å². The lowest BCUT2D eigenvalue weighted by Gasteiger charge is -2.29. The number of halogens is 1. The number of likely N-dealkylation sites (N-methyl/N-ethyl adjacent to an activating group) is 1. The van der Waals surface area contributed by atoms with Crippen LogP contribution in [0.25, 0.3) is 0 Å². The average molecular weight is 270 g/mol. The molecule has 0 spiro atoms.